The second kappa shape index (κ2) is 8.22. The summed E-state index contributed by atoms with van der Waals surface area (Å²) in [5.74, 6) is 0.471. The maximum Gasteiger partial charge on any atom is 0.274 e. The molecule has 146 valence electrons. The fourth-order valence-corrected chi connectivity index (χ4v) is 3.17. The van der Waals surface area contributed by atoms with E-state index in [2.05, 4.69) is 10.4 Å². The average molecular weight is 380 g/mol. The third-order valence-corrected chi connectivity index (χ3v) is 4.75. The number of hydrogen-bond acceptors (Lipinski definition) is 5. The van der Waals surface area contributed by atoms with E-state index in [0.29, 0.717) is 17.3 Å². The molecule has 1 heterocycles. The predicted molar refractivity (Wildman–Crippen MR) is 109 cm³/mol. The van der Waals surface area contributed by atoms with Crippen molar-refractivity contribution in [3.05, 3.63) is 70.1 Å². The quantitative estimate of drug-likeness (QED) is 0.708. The van der Waals surface area contributed by atoms with E-state index >= 15 is 0 Å². The summed E-state index contributed by atoms with van der Waals surface area (Å²) in [6.07, 6.45) is 0. The van der Waals surface area contributed by atoms with Gasteiger partial charge in [0, 0.05) is 19.0 Å². The van der Waals surface area contributed by atoms with Crippen molar-refractivity contribution in [3.63, 3.8) is 0 Å². The Bertz CT molecular complexity index is 1040. The number of benzene rings is 2. The first-order valence-corrected chi connectivity index (χ1v) is 8.97. The minimum Gasteiger partial charge on any atom is -0.497 e. The molecule has 0 spiro atoms. The van der Waals surface area contributed by atoms with Gasteiger partial charge in [-0.1, -0.05) is 30.3 Å². The summed E-state index contributed by atoms with van der Waals surface area (Å²) in [6, 6.07) is 14.8. The highest BCUT2D eigenvalue weighted by Crippen LogP contribution is 2.21. The molecule has 0 radical (unpaired) electrons. The molecule has 2 aromatic carbocycles. The monoisotopic (exact) mass is 380 g/mol. The summed E-state index contributed by atoms with van der Waals surface area (Å²) in [6.45, 7) is 0.400. The van der Waals surface area contributed by atoms with Crippen LogP contribution in [0.3, 0.4) is 0 Å². The zero-order chi connectivity index (χ0) is 20.3. The van der Waals surface area contributed by atoms with E-state index in [1.54, 1.807) is 38.4 Å². The van der Waals surface area contributed by atoms with Crippen LogP contribution in [0.4, 0.5) is 0 Å². The van der Waals surface area contributed by atoms with Gasteiger partial charge in [0.05, 0.1) is 18.5 Å². The van der Waals surface area contributed by atoms with Crippen LogP contribution in [0.2, 0.25) is 0 Å². The molecule has 0 aliphatic heterocycles. The topological polar surface area (TPSA) is 76.5 Å². The van der Waals surface area contributed by atoms with Crippen molar-refractivity contribution in [3.8, 4) is 5.75 Å². The molecule has 1 unspecified atom stereocenters. The lowest BCUT2D eigenvalue weighted by Gasteiger charge is -2.25. The molecule has 1 aromatic heterocycles. The number of nitrogens with one attached hydrogen (secondary N) is 1. The van der Waals surface area contributed by atoms with E-state index < -0.39 is 0 Å². The fourth-order valence-electron chi connectivity index (χ4n) is 3.17. The molecule has 3 rings (SSSR count). The Morgan fingerprint density at radius 1 is 1.14 bits per heavy atom. The first-order valence-electron chi connectivity index (χ1n) is 8.97. The lowest BCUT2D eigenvalue weighted by Crippen LogP contribution is -2.36. The van der Waals surface area contributed by atoms with Crippen molar-refractivity contribution in [2.45, 2.75) is 6.04 Å². The second-order valence-corrected chi connectivity index (χ2v) is 6.79. The number of rotatable bonds is 6. The highest BCUT2D eigenvalue weighted by Gasteiger charge is 2.19. The van der Waals surface area contributed by atoms with Crippen LogP contribution in [0.5, 0.6) is 5.75 Å². The van der Waals surface area contributed by atoms with Crippen molar-refractivity contribution in [2.75, 3.05) is 27.7 Å². The number of aromatic nitrogens is 2. The molecule has 7 nitrogen and oxygen atoms in total. The summed E-state index contributed by atoms with van der Waals surface area (Å²) in [5, 5.41) is 8.16. The predicted octanol–water partition coefficient (Wildman–Crippen LogP) is 1.97. The van der Waals surface area contributed by atoms with Crippen LogP contribution < -0.4 is 15.6 Å². The third kappa shape index (κ3) is 3.89. The largest absolute Gasteiger partial charge is 0.497 e. The summed E-state index contributed by atoms with van der Waals surface area (Å²) >= 11 is 0. The van der Waals surface area contributed by atoms with Crippen molar-refractivity contribution in [2.24, 2.45) is 7.05 Å². The number of ether oxygens (including phenoxy) is 1. The number of aryl methyl sites for hydroxylation is 1. The van der Waals surface area contributed by atoms with Crippen molar-refractivity contribution in [1.29, 1.82) is 0 Å². The lowest BCUT2D eigenvalue weighted by atomic mass is 10.1. The van der Waals surface area contributed by atoms with Crippen molar-refractivity contribution < 1.29 is 9.53 Å². The van der Waals surface area contributed by atoms with Crippen molar-refractivity contribution >= 4 is 16.7 Å². The van der Waals surface area contributed by atoms with Gasteiger partial charge < -0.3 is 15.0 Å². The summed E-state index contributed by atoms with van der Waals surface area (Å²) in [5.41, 5.74) is 1.07. The van der Waals surface area contributed by atoms with Gasteiger partial charge in [-0.15, -0.1) is 0 Å². The van der Waals surface area contributed by atoms with Gasteiger partial charge in [0.2, 0.25) is 0 Å². The molecule has 0 aliphatic carbocycles. The number of carbonyl (C=O) groups is 1. The molecule has 0 bridgehead atoms. The molecular weight excluding hydrogens is 356 g/mol. The number of amides is 1. The molecule has 0 saturated heterocycles. The normalized spacial score (nSPS) is 12.2. The van der Waals surface area contributed by atoms with Crippen LogP contribution in [0, 0.1) is 0 Å². The van der Waals surface area contributed by atoms with Gasteiger partial charge in [-0.25, -0.2) is 4.68 Å². The fraction of sp³-hybridized carbons (Fsp3) is 0.286. The van der Waals surface area contributed by atoms with Crippen LogP contribution >= 0.6 is 0 Å². The average Bonchev–Trinajstić information content (AvgIpc) is 2.71. The first kappa shape index (κ1) is 19.6. The smallest absolute Gasteiger partial charge is 0.274 e. The Labute approximate surface area is 163 Å². The van der Waals surface area contributed by atoms with Crippen LogP contribution in [0.1, 0.15) is 22.1 Å². The highest BCUT2D eigenvalue weighted by molar-refractivity contribution is 6.04. The molecule has 7 heteroatoms. The van der Waals surface area contributed by atoms with Crippen LogP contribution in [0.15, 0.2) is 53.3 Å². The second-order valence-electron chi connectivity index (χ2n) is 6.79. The molecule has 28 heavy (non-hydrogen) atoms. The van der Waals surface area contributed by atoms with Crippen molar-refractivity contribution in [1.82, 2.24) is 20.0 Å². The van der Waals surface area contributed by atoms with Crippen LogP contribution in [-0.2, 0) is 7.05 Å². The van der Waals surface area contributed by atoms with Gasteiger partial charge in [0.25, 0.3) is 11.5 Å². The van der Waals surface area contributed by atoms with Gasteiger partial charge in [-0.3, -0.25) is 9.59 Å². The van der Waals surface area contributed by atoms with Gasteiger partial charge in [0.15, 0.2) is 5.69 Å². The zero-order valence-electron chi connectivity index (χ0n) is 16.5. The Morgan fingerprint density at radius 2 is 1.79 bits per heavy atom. The molecular formula is C21H24N4O3. The number of nitrogens with zero attached hydrogens (tertiary/aromatic N) is 3. The SMILES string of the molecule is COc1ccc(C(CNC(=O)c2nn(C)c(=O)c3ccccc23)N(C)C)cc1. The molecule has 1 N–H and O–H groups in total. The highest BCUT2D eigenvalue weighted by atomic mass is 16.5. The van der Waals surface area contributed by atoms with E-state index in [9.17, 15) is 9.59 Å². The maximum atomic E-state index is 12.9. The Balaban J connectivity index is 1.85. The number of carbonyl (C=O) groups excluding carboxylic acids is 1. The van der Waals surface area contributed by atoms with Gasteiger partial charge in [-0.05, 0) is 37.9 Å². The number of fused-ring (bicyclic) bond motifs is 1. The summed E-state index contributed by atoms with van der Waals surface area (Å²) < 4.78 is 6.41. The first-order chi connectivity index (χ1) is 13.4. The number of hydrogen-bond donors (Lipinski definition) is 1. The minimum atomic E-state index is -0.313. The van der Waals surface area contributed by atoms with E-state index in [4.69, 9.17) is 4.74 Å². The zero-order valence-corrected chi connectivity index (χ0v) is 16.5. The maximum absolute atomic E-state index is 12.9. The van der Waals surface area contributed by atoms with E-state index in [-0.39, 0.29) is 23.2 Å². The number of methoxy groups -OCH3 is 1. The minimum absolute atomic E-state index is 0.0198. The molecule has 1 amide bonds. The summed E-state index contributed by atoms with van der Waals surface area (Å²) in [4.78, 5) is 27.1. The molecule has 0 fully saturated rings. The number of likely N-dealkylation sites (N-methyl/N-ethyl adjacent to an activating group) is 1. The van der Waals surface area contributed by atoms with E-state index in [1.165, 1.54) is 4.68 Å². The molecule has 0 aliphatic rings. The molecule has 3 aromatic rings. The standard InChI is InChI=1S/C21H24N4O3/c1-24(2)18(14-9-11-15(28-4)12-10-14)13-22-20(26)19-16-7-5-6-8-17(16)21(27)25(3)23-19/h5-12,18H,13H2,1-4H3,(H,22,26). The van der Waals surface area contributed by atoms with Gasteiger partial charge in [0.1, 0.15) is 5.75 Å². The van der Waals surface area contributed by atoms with E-state index in [1.807, 2.05) is 43.3 Å². The molecule has 0 saturated carbocycles. The van der Waals surface area contributed by atoms with Crippen LogP contribution in [0.25, 0.3) is 10.8 Å². The Hall–Kier alpha value is -3.19. The van der Waals surface area contributed by atoms with Gasteiger partial charge >= 0.3 is 0 Å². The van der Waals surface area contributed by atoms with Gasteiger partial charge in [-0.2, -0.15) is 5.10 Å². The summed E-state index contributed by atoms with van der Waals surface area (Å²) in [7, 11) is 7.09. The lowest BCUT2D eigenvalue weighted by molar-refractivity contribution is 0.0936. The Morgan fingerprint density at radius 3 is 2.39 bits per heavy atom. The Kier molecular flexibility index (Phi) is 5.75. The van der Waals surface area contributed by atoms with Crippen LogP contribution in [-0.4, -0.2) is 48.3 Å². The van der Waals surface area contributed by atoms with E-state index in [0.717, 1.165) is 11.3 Å². The molecule has 1 atom stereocenters. The third-order valence-electron chi connectivity index (χ3n) is 4.75.